The number of halogens is 1. The van der Waals surface area contributed by atoms with Crippen molar-refractivity contribution in [2.24, 2.45) is 0 Å². The van der Waals surface area contributed by atoms with Crippen LogP contribution < -0.4 is 5.32 Å². The molecule has 0 aliphatic heterocycles. The Morgan fingerprint density at radius 1 is 1.17 bits per heavy atom. The fourth-order valence-electron chi connectivity index (χ4n) is 2.25. The van der Waals surface area contributed by atoms with Crippen LogP contribution in [0, 0.1) is 6.92 Å². The van der Waals surface area contributed by atoms with E-state index >= 15 is 0 Å². The van der Waals surface area contributed by atoms with Crippen molar-refractivity contribution in [1.82, 2.24) is 5.32 Å². The van der Waals surface area contributed by atoms with Crippen LogP contribution in [-0.4, -0.2) is 12.0 Å². The number of nitrogens with one attached hydrogen (secondary N) is 1. The fourth-order valence-corrected chi connectivity index (χ4v) is 2.73. The molecule has 1 amide bonds. The van der Waals surface area contributed by atoms with Crippen LogP contribution in [0.25, 0.3) is 0 Å². The first-order valence-corrected chi connectivity index (χ1v) is 8.49. The predicted octanol–water partition coefficient (Wildman–Crippen LogP) is 4.61. The Morgan fingerprint density at radius 2 is 1.91 bits per heavy atom. The van der Waals surface area contributed by atoms with Crippen molar-refractivity contribution in [1.29, 1.82) is 0 Å². The Kier molecular flexibility index (Phi) is 6.37. The highest BCUT2D eigenvalue weighted by Crippen LogP contribution is 2.16. The van der Waals surface area contributed by atoms with Crippen LogP contribution in [0.15, 0.2) is 46.9 Å². The first kappa shape index (κ1) is 17.7. The van der Waals surface area contributed by atoms with Crippen molar-refractivity contribution >= 4 is 21.8 Å². The van der Waals surface area contributed by atoms with E-state index in [4.69, 9.17) is 4.74 Å². The molecule has 0 fully saturated rings. The molecule has 0 unspecified atom stereocenters. The standard InChI is InChI=1S/C19H22BrNO2/c1-13(2)23-12-16-6-4-5-15(10-16)11-21-19(22)18-8-7-17(20)9-14(18)3/h4-10,13H,11-12H2,1-3H3,(H,21,22). The van der Waals surface area contributed by atoms with E-state index in [-0.39, 0.29) is 12.0 Å². The molecular weight excluding hydrogens is 354 g/mol. The molecule has 2 aromatic rings. The molecule has 4 heteroatoms. The number of carbonyl (C=O) groups is 1. The van der Waals surface area contributed by atoms with Gasteiger partial charge in [-0.05, 0) is 55.7 Å². The Balaban J connectivity index is 1.97. The second-order valence-corrected chi connectivity index (χ2v) is 6.74. The number of hydrogen-bond acceptors (Lipinski definition) is 2. The number of benzene rings is 2. The van der Waals surface area contributed by atoms with Gasteiger partial charge in [0.2, 0.25) is 0 Å². The second kappa shape index (κ2) is 8.27. The molecule has 0 aliphatic carbocycles. The third-order valence-electron chi connectivity index (χ3n) is 3.46. The number of ether oxygens (including phenoxy) is 1. The van der Waals surface area contributed by atoms with Gasteiger partial charge in [-0.2, -0.15) is 0 Å². The van der Waals surface area contributed by atoms with Crippen molar-refractivity contribution in [2.75, 3.05) is 0 Å². The first-order valence-electron chi connectivity index (χ1n) is 7.69. The van der Waals surface area contributed by atoms with Gasteiger partial charge in [0.15, 0.2) is 0 Å². The minimum Gasteiger partial charge on any atom is -0.374 e. The first-order chi connectivity index (χ1) is 11.0. The van der Waals surface area contributed by atoms with Gasteiger partial charge in [-0.1, -0.05) is 40.2 Å². The van der Waals surface area contributed by atoms with Crippen LogP contribution in [0.3, 0.4) is 0 Å². The maximum atomic E-state index is 12.3. The van der Waals surface area contributed by atoms with Crippen LogP contribution in [0.4, 0.5) is 0 Å². The second-order valence-electron chi connectivity index (χ2n) is 5.82. The molecule has 23 heavy (non-hydrogen) atoms. The van der Waals surface area contributed by atoms with E-state index in [2.05, 4.69) is 27.3 Å². The largest absolute Gasteiger partial charge is 0.374 e. The molecule has 0 radical (unpaired) electrons. The normalized spacial score (nSPS) is 10.8. The quantitative estimate of drug-likeness (QED) is 0.800. The summed E-state index contributed by atoms with van der Waals surface area (Å²) >= 11 is 3.41. The van der Waals surface area contributed by atoms with Gasteiger partial charge in [-0.25, -0.2) is 0 Å². The van der Waals surface area contributed by atoms with Crippen LogP contribution >= 0.6 is 15.9 Å². The zero-order valence-corrected chi connectivity index (χ0v) is 15.3. The highest BCUT2D eigenvalue weighted by Gasteiger charge is 2.09. The lowest BCUT2D eigenvalue weighted by atomic mass is 10.1. The summed E-state index contributed by atoms with van der Waals surface area (Å²) in [4.78, 5) is 12.3. The van der Waals surface area contributed by atoms with Crippen molar-refractivity contribution in [2.45, 2.75) is 40.0 Å². The zero-order chi connectivity index (χ0) is 16.8. The molecule has 0 heterocycles. The SMILES string of the molecule is Cc1cc(Br)ccc1C(=O)NCc1cccc(COC(C)C)c1. The lowest BCUT2D eigenvalue weighted by Crippen LogP contribution is -2.23. The molecule has 122 valence electrons. The number of amides is 1. The molecule has 3 nitrogen and oxygen atoms in total. The van der Waals surface area contributed by atoms with E-state index in [0.717, 1.165) is 21.2 Å². The molecule has 0 bridgehead atoms. The summed E-state index contributed by atoms with van der Waals surface area (Å²) in [5, 5.41) is 2.97. The van der Waals surface area contributed by atoms with Crippen molar-refractivity contribution < 1.29 is 9.53 Å². The summed E-state index contributed by atoms with van der Waals surface area (Å²) in [6.07, 6.45) is 0.207. The molecule has 0 aliphatic rings. The summed E-state index contributed by atoms with van der Waals surface area (Å²) < 4.78 is 6.59. The van der Waals surface area contributed by atoms with Crippen molar-refractivity contribution in [3.63, 3.8) is 0 Å². The highest BCUT2D eigenvalue weighted by molar-refractivity contribution is 9.10. The van der Waals surface area contributed by atoms with E-state index < -0.39 is 0 Å². The molecule has 2 aromatic carbocycles. The molecule has 0 aromatic heterocycles. The molecular formula is C19H22BrNO2. The van der Waals surface area contributed by atoms with Crippen LogP contribution in [0.2, 0.25) is 0 Å². The van der Waals surface area contributed by atoms with Crippen molar-refractivity contribution in [3.05, 3.63) is 69.2 Å². The minimum absolute atomic E-state index is 0.0566. The highest BCUT2D eigenvalue weighted by atomic mass is 79.9. The average molecular weight is 376 g/mol. The predicted molar refractivity (Wildman–Crippen MR) is 96.4 cm³/mol. The number of rotatable bonds is 6. The number of aryl methyl sites for hydroxylation is 1. The monoisotopic (exact) mass is 375 g/mol. The van der Waals surface area contributed by atoms with Gasteiger partial charge in [-0.3, -0.25) is 4.79 Å². The molecule has 2 rings (SSSR count). The van der Waals surface area contributed by atoms with Gasteiger partial charge in [-0.15, -0.1) is 0 Å². The van der Waals surface area contributed by atoms with Gasteiger partial charge in [0.25, 0.3) is 5.91 Å². The van der Waals surface area contributed by atoms with Gasteiger partial charge in [0, 0.05) is 16.6 Å². The van der Waals surface area contributed by atoms with E-state index in [9.17, 15) is 4.79 Å². The molecule has 1 N–H and O–H groups in total. The third kappa shape index (κ3) is 5.48. The minimum atomic E-state index is -0.0566. The zero-order valence-electron chi connectivity index (χ0n) is 13.7. The van der Waals surface area contributed by atoms with E-state index in [1.807, 2.05) is 57.2 Å². The summed E-state index contributed by atoms with van der Waals surface area (Å²) in [6.45, 7) is 7.06. The van der Waals surface area contributed by atoms with Crippen molar-refractivity contribution in [3.8, 4) is 0 Å². The maximum absolute atomic E-state index is 12.3. The van der Waals surface area contributed by atoms with Crippen LogP contribution in [-0.2, 0) is 17.9 Å². The van der Waals surface area contributed by atoms with E-state index in [0.29, 0.717) is 18.7 Å². The Bertz CT molecular complexity index is 683. The lowest BCUT2D eigenvalue weighted by molar-refractivity contribution is 0.0657. The molecule has 0 saturated carbocycles. The average Bonchev–Trinajstić information content (AvgIpc) is 2.51. The Morgan fingerprint density at radius 3 is 2.61 bits per heavy atom. The van der Waals surface area contributed by atoms with Gasteiger partial charge < -0.3 is 10.1 Å². The smallest absolute Gasteiger partial charge is 0.251 e. The molecule has 0 spiro atoms. The van der Waals surface area contributed by atoms with Gasteiger partial charge in [0.05, 0.1) is 12.7 Å². The molecule has 0 saturated heterocycles. The topological polar surface area (TPSA) is 38.3 Å². The Hall–Kier alpha value is -1.65. The summed E-state index contributed by atoms with van der Waals surface area (Å²) in [5.41, 5.74) is 3.84. The Labute approximate surface area is 146 Å². The number of carbonyl (C=O) groups excluding carboxylic acids is 1. The maximum Gasteiger partial charge on any atom is 0.251 e. The summed E-state index contributed by atoms with van der Waals surface area (Å²) in [5.74, 6) is -0.0566. The van der Waals surface area contributed by atoms with E-state index in [1.54, 1.807) is 0 Å². The van der Waals surface area contributed by atoms with Gasteiger partial charge in [0.1, 0.15) is 0 Å². The molecule has 0 atom stereocenters. The number of hydrogen-bond donors (Lipinski definition) is 1. The lowest BCUT2D eigenvalue weighted by Gasteiger charge is -2.11. The van der Waals surface area contributed by atoms with Gasteiger partial charge >= 0.3 is 0 Å². The van der Waals surface area contributed by atoms with Crippen LogP contribution in [0.1, 0.15) is 40.9 Å². The third-order valence-corrected chi connectivity index (χ3v) is 3.95. The summed E-state index contributed by atoms with van der Waals surface area (Å²) in [7, 11) is 0. The fraction of sp³-hybridized carbons (Fsp3) is 0.316. The summed E-state index contributed by atoms with van der Waals surface area (Å²) in [6, 6.07) is 13.8. The van der Waals surface area contributed by atoms with Crippen LogP contribution in [0.5, 0.6) is 0 Å². The van der Waals surface area contributed by atoms with E-state index in [1.165, 1.54) is 0 Å².